The van der Waals surface area contributed by atoms with Crippen molar-refractivity contribution in [2.45, 2.75) is 59.7 Å². The standard InChI is InChI=1S/C28H40ClN2O4P/c1-19(2)15-23(26(32)31-25(27(33)30-6)28(3,4)5)18-36(34,35)17-21-13-11-20(12-14-21)16-22-9-7-8-10-24(22)29/h7-14,19,23,25H,15-18H2,1-6H3,(H,30,33)(H,31,32)(H,34,35). The summed E-state index contributed by atoms with van der Waals surface area (Å²) in [5, 5.41) is 6.15. The molecular weight excluding hydrogens is 495 g/mol. The van der Waals surface area contributed by atoms with E-state index in [4.69, 9.17) is 11.6 Å². The van der Waals surface area contributed by atoms with Gasteiger partial charge in [0.2, 0.25) is 19.2 Å². The number of hydrogen-bond acceptors (Lipinski definition) is 3. The van der Waals surface area contributed by atoms with E-state index in [0.717, 1.165) is 16.7 Å². The Bertz CT molecular complexity index is 1080. The van der Waals surface area contributed by atoms with Crippen molar-refractivity contribution in [3.05, 3.63) is 70.2 Å². The van der Waals surface area contributed by atoms with Crippen LogP contribution in [0.2, 0.25) is 5.02 Å². The number of amides is 2. The molecule has 3 unspecified atom stereocenters. The minimum Gasteiger partial charge on any atom is -0.357 e. The number of rotatable bonds is 11. The number of likely N-dealkylation sites (N-methyl/N-ethyl adjacent to an activating group) is 1. The van der Waals surface area contributed by atoms with Crippen molar-refractivity contribution in [2.75, 3.05) is 13.2 Å². The average Bonchev–Trinajstić information content (AvgIpc) is 2.77. The first kappa shape index (κ1) is 30.1. The summed E-state index contributed by atoms with van der Waals surface area (Å²) in [6.07, 6.45) is 0.980. The van der Waals surface area contributed by atoms with Crippen molar-refractivity contribution in [3.8, 4) is 0 Å². The van der Waals surface area contributed by atoms with E-state index in [1.54, 1.807) is 0 Å². The molecule has 2 aromatic rings. The van der Waals surface area contributed by atoms with E-state index in [1.807, 2.05) is 83.1 Å². The Kier molecular flexibility index (Phi) is 10.8. The number of hydrogen-bond donors (Lipinski definition) is 3. The van der Waals surface area contributed by atoms with E-state index in [2.05, 4.69) is 10.6 Å². The Labute approximate surface area is 220 Å². The van der Waals surface area contributed by atoms with Gasteiger partial charge in [0.15, 0.2) is 0 Å². The molecule has 3 N–H and O–H groups in total. The first-order valence-corrected chi connectivity index (χ1v) is 14.8. The third kappa shape index (κ3) is 9.38. The fourth-order valence-electron chi connectivity index (χ4n) is 4.23. The second kappa shape index (κ2) is 12.9. The molecule has 3 atom stereocenters. The highest BCUT2D eigenvalue weighted by molar-refractivity contribution is 7.57. The summed E-state index contributed by atoms with van der Waals surface area (Å²) >= 11 is 6.26. The molecule has 0 radical (unpaired) electrons. The summed E-state index contributed by atoms with van der Waals surface area (Å²) in [7, 11) is -2.14. The zero-order valence-corrected chi connectivity index (χ0v) is 23.8. The number of halogens is 1. The second-order valence-corrected chi connectivity index (χ2v) is 13.8. The van der Waals surface area contributed by atoms with Crippen LogP contribution in [0.3, 0.4) is 0 Å². The number of carbonyl (C=O) groups is 2. The van der Waals surface area contributed by atoms with E-state index >= 15 is 0 Å². The van der Waals surface area contributed by atoms with E-state index in [9.17, 15) is 19.0 Å². The molecule has 0 bridgehead atoms. The molecule has 0 aliphatic heterocycles. The molecule has 198 valence electrons. The Hall–Kier alpha value is -2.14. The van der Waals surface area contributed by atoms with Gasteiger partial charge in [-0.25, -0.2) is 0 Å². The smallest absolute Gasteiger partial charge is 0.242 e. The molecule has 0 heterocycles. The van der Waals surface area contributed by atoms with Crippen molar-refractivity contribution in [3.63, 3.8) is 0 Å². The topological polar surface area (TPSA) is 95.5 Å². The maximum Gasteiger partial charge on any atom is 0.242 e. The summed E-state index contributed by atoms with van der Waals surface area (Å²) in [4.78, 5) is 36.5. The van der Waals surface area contributed by atoms with Gasteiger partial charge >= 0.3 is 0 Å². The molecular formula is C28H40ClN2O4P. The van der Waals surface area contributed by atoms with Gasteiger partial charge in [0.05, 0.1) is 0 Å². The highest BCUT2D eigenvalue weighted by Gasteiger charge is 2.36. The van der Waals surface area contributed by atoms with Gasteiger partial charge in [-0.3, -0.25) is 14.2 Å². The fraction of sp³-hybridized carbons (Fsp3) is 0.500. The molecule has 0 fully saturated rings. The van der Waals surface area contributed by atoms with Crippen LogP contribution in [0.15, 0.2) is 48.5 Å². The van der Waals surface area contributed by atoms with E-state index < -0.39 is 24.7 Å². The quantitative estimate of drug-likeness (QED) is 0.325. The molecule has 2 amide bonds. The Morgan fingerprint density at radius 2 is 1.58 bits per heavy atom. The molecule has 0 aliphatic rings. The minimum absolute atomic E-state index is 0.0145. The summed E-state index contributed by atoms with van der Waals surface area (Å²) in [5.74, 6) is -1.17. The van der Waals surface area contributed by atoms with Gasteiger partial charge in [-0.05, 0) is 46.9 Å². The lowest BCUT2D eigenvalue weighted by Crippen LogP contribution is -2.54. The van der Waals surface area contributed by atoms with Crippen molar-refractivity contribution in [2.24, 2.45) is 17.3 Å². The zero-order valence-electron chi connectivity index (χ0n) is 22.2. The van der Waals surface area contributed by atoms with Crippen LogP contribution in [0, 0.1) is 17.3 Å². The summed E-state index contributed by atoms with van der Waals surface area (Å²) < 4.78 is 13.3. The zero-order chi connectivity index (χ0) is 27.1. The normalized spacial score (nSPS) is 15.1. The largest absolute Gasteiger partial charge is 0.357 e. The third-order valence-electron chi connectivity index (χ3n) is 6.10. The van der Waals surface area contributed by atoms with Crippen molar-refractivity contribution in [1.29, 1.82) is 0 Å². The average molecular weight is 535 g/mol. The SMILES string of the molecule is CNC(=O)C(NC(=O)C(CC(C)C)CP(=O)(O)Cc1ccc(Cc2ccccc2Cl)cc1)C(C)(C)C. The highest BCUT2D eigenvalue weighted by Crippen LogP contribution is 2.47. The minimum atomic E-state index is -3.67. The van der Waals surface area contributed by atoms with Gasteiger partial charge in [-0.15, -0.1) is 0 Å². The Morgan fingerprint density at radius 1 is 1.00 bits per heavy atom. The highest BCUT2D eigenvalue weighted by atomic mass is 35.5. The van der Waals surface area contributed by atoms with Gasteiger partial charge in [0.1, 0.15) is 6.04 Å². The molecule has 2 rings (SSSR count). The van der Waals surface area contributed by atoms with E-state index in [0.29, 0.717) is 17.9 Å². The third-order valence-corrected chi connectivity index (χ3v) is 8.34. The van der Waals surface area contributed by atoms with Gasteiger partial charge in [0.25, 0.3) is 0 Å². The van der Waals surface area contributed by atoms with Crippen molar-refractivity contribution in [1.82, 2.24) is 10.6 Å². The second-order valence-electron chi connectivity index (χ2n) is 11.0. The molecule has 0 aliphatic carbocycles. The van der Waals surface area contributed by atoms with Gasteiger partial charge in [-0.2, -0.15) is 0 Å². The van der Waals surface area contributed by atoms with Crippen LogP contribution in [0.5, 0.6) is 0 Å². The van der Waals surface area contributed by atoms with Crippen LogP contribution in [0.25, 0.3) is 0 Å². The van der Waals surface area contributed by atoms with Crippen LogP contribution in [0.1, 0.15) is 57.7 Å². The fourth-order valence-corrected chi connectivity index (χ4v) is 6.35. The Balaban J connectivity index is 2.12. The Morgan fingerprint density at radius 3 is 2.11 bits per heavy atom. The summed E-state index contributed by atoms with van der Waals surface area (Å²) in [6.45, 7) is 9.56. The number of carbonyl (C=O) groups excluding carboxylic acids is 2. The lowest BCUT2D eigenvalue weighted by atomic mass is 9.85. The molecule has 0 aromatic heterocycles. The molecule has 6 nitrogen and oxygen atoms in total. The molecule has 0 saturated heterocycles. The summed E-state index contributed by atoms with van der Waals surface area (Å²) in [5.41, 5.74) is 2.31. The van der Waals surface area contributed by atoms with Crippen LogP contribution in [0.4, 0.5) is 0 Å². The maximum absolute atomic E-state index is 13.3. The molecule has 0 saturated carbocycles. The first-order chi connectivity index (χ1) is 16.7. The molecule has 36 heavy (non-hydrogen) atoms. The predicted molar refractivity (Wildman–Crippen MR) is 147 cm³/mol. The maximum atomic E-state index is 13.3. The summed E-state index contributed by atoms with van der Waals surface area (Å²) in [6, 6.07) is 14.5. The molecule has 0 spiro atoms. The number of nitrogens with one attached hydrogen (secondary N) is 2. The predicted octanol–water partition coefficient (Wildman–Crippen LogP) is 5.64. The van der Waals surface area contributed by atoms with Crippen LogP contribution < -0.4 is 10.6 Å². The van der Waals surface area contributed by atoms with Gasteiger partial charge in [-0.1, -0.05) is 88.7 Å². The first-order valence-electron chi connectivity index (χ1n) is 12.4. The number of benzene rings is 2. The monoisotopic (exact) mass is 534 g/mol. The van der Waals surface area contributed by atoms with E-state index in [-0.39, 0.29) is 30.1 Å². The van der Waals surface area contributed by atoms with Gasteiger partial charge in [0, 0.05) is 30.3 Å². The van der Waals surface area contributed by atoms with Gasteiger partial charge < -0.3 is 15.5 Å². The van der Waals surface area contributed by atoms with Crippen LogP contribution in [-0.2, 0) is 26.7 Å². The lowest BCUT2D eigenvalue weighted by molar-refractivity contribution is -0.133. The van der Waals surface area contributed by atoms with Crippen molar-refractivity contribution < 1.29 is 19.0 Å². The molecule has 8 heteroatoms. The van der Waals surface area contributed by atoms with Crippen LogP contribution in [-0.4, -0.2) is 36.0 Å². The lowest BCUT2D eigenvalue weighted by Gasteiger charge is -2.32. The van der Waals surface area contributed by atoms with Crippen LogP contribution >= 0.6 is 19.0 Å². The molecule has 2 aromatic carbocycles. The van der Waals surface area contributed by atoms with Crippen molar-refractivity contribution >= 4 is 30.8 Å². The van der Waals surface area contributed by atoms with E-state index in [1.165, 1.54) is 7.05 Å².